The van der Waals surface area contributed by atoms with E-state index in [0.717, 1.165) is 25.7 Å². The molecule has 0 aliphatic heterocycles. The Balaban J connectivity index is 0. The summed E-state index contributed by atoms with van der Waals surface area (Å²) < 4.78 is 37.1. The van der Waals surface area contributed by atoms with Crippen molar-refractivity contribution in [3.8, 4) is 0 Å². The first-order chi connectivity index (χ1) is 17.0. The fourth-order valence-electron chi connectivity index (χ4n) is 4.69. The second-order valence-corrected chi connectivity index (χ2v) is 11.6. The molecule has 36 heavy (non-hydrogen) atoms. The minimum Gasteiger partial charge on any atom is -0.726 e. The minimum atomic E-state index is -4.61. The average molecular weight is 555 g/mol. The maximum Gasteiger partial charge on any atom is 1.00 e. The van der Waals surface area contributed by atoms with Gasteiger partial charge in [0.05, 0.1) is 6.61 Å². The Labute approximate surface area is 269 Å². The molecule has 0 aromatic carbocycles. The van der Waals surface area contributed by atoms with Crippen molar-refractivity contribution in [3.05, 3.63) is 12.2 Å². The van der Waals surface area contributed by atoms with Crippen molar-refractivity contribution in [2.24, 2.45) is 5.92 Å². The number of unbranched alkanes of at least 4 members (excludes halogenated alkanes) is 21. The maximum absolute atomic E-state index is 10.8. The Morgan fingerprint density at radius 3 is 1.36 bits per heavy atom. The van der Waals surface area contributed by atoms with Crippen LogP contribution < -0.4 is 51.4 Å². The van der Waals surface area contributed by atoms with E-state index >= 15 is 0 Å². The molecule has 0 rings (SSSR count). The standard InChI is InChI=1S/C30H60O4S.K/c1-3-5-7-9-11-12-13-14-15-16-17-18-19-20-22-24-26-28-30(29-34-35(31,32)33)27-25-23-21-10-8-6-4-2;/h26,28,30H,3-25,27,29H2,1-2H3,(H,31,32,33);/q;+1/p-1/b28-26+;. The second kappa shape index (κ2) is 30.8. The van der Waals surface area contributed by atoms with E-state index in [1.807, 2.05) is 0 Å². The van der Waals surface area contributed by atoms with Crippen LogP contribution in [0.3, 0.4) is 0 Å². The second-order valence-electron chi connectivity index (χ2n) is 10.5. The summed E-state index contributed by atoms with van der Waals surface area (Å²) in [6.07, 6.45) is 35.3. The van der Waals surface area contributed by atoms with E-state index < -0.39 is 10.4 Å². The third-order valence-corrected chi connectivity index (χ3v) is 7.41. The SMILES string of the molecule is CCCCCCCCCCCCCCCCC/C=C/C(CCCCCCCCC)COS(=O)(=O)[O-].[K+]. The molecular weight excluding hydrogens is 495 g/mol. The van der Waals surface area contributed by atoms with Crippen molar-refractivity contribution in [2.75, 3.05) is 6.61 Å². The summed E-state index contributed by atoms with van der Waals surface area (Å²) in [7, 11) is -4.61. The van der Waals surface area contributed by atoms with Gasteiger partial charge in [-0.25, -0.2) is 8.42 Å². The molecule has 0 spiro atoms. The molecule has 0 saturated heterocycles. The molecule has 4 nitrogen and oxygen atoms in total. The van der Waals surface area contributed by atoms with E-state index in [1.165, 1.54) is 128 Å². The molecule has 6 heteroatoms. The maximum atomic E-state index is 10.8. The molecule has 1 unspecified atom stereocenters. The Hall–Kier alpha value is 1.25. The van der Waals surface area contributed by atoms with Crippen molar-refractivity contribution in [1.29, 1.82) is 0 Å². The van der Waals surface area contributed by atoms with Gasteiger partial charge in [-0.2, -0.15) is 0 Å². The first-order valence-electron chi connectivity index (χ1n) is 15.3. The van der Waals surface area contributed by atoms with Gasteiger partial charge < -0.3 is 4.55 Å². The molecule has 0 heterocycles. The third kappa shape index (κ3) is 33.3. The van der Waals surface area contributed by atoms with Gasteiger partial charge in [-0.3, -0.25) is 4.18 Å². The molecule has 0 bridgehead atoms. The smallest absolute Gasteiger partial charge is 0.726 e. The van der Waals surface area contributed by atoms with E-state index in [0.29, 0.717) is 0 Å². The van der Waals surface area contributed by atoms with Gasteiger partial charge in [0.1, 0.15) is 0 Å². The van der Waals surface area contributed by atoms with Crippen LogP contribution in [0.1, 0.15) is 168 Å². The van der Waals surface area contributed by atoms with Gasteiger partial charge in [0.2, 0.25) is 10.4 Å². The van der Waals surface area contributed by atoms with Crippen LogP contribution in [-0.2, 0) is 14.6 Å². The zero-order valence-electron chi connectivity index (χ0n) is 24.5. The molecule has 0 amide bonds. The van der Waals surface area contributed by atoms with Crippen molar-refractivity contribution < 1.29 is 68.5 Å². The van der Waals surface area contributed by atoms with Gasteiger partial charge in [0.25, 0.3) is 0 Å². The molecule has 0 radical (unpaired) electrons. The molecular formula is C30H59KO4S. The zero-order chi connectivity index (χ0) is 25.9. The summed E-state index contributed by atoms with van der Waals surface area (Å²) >= 11 is 0. The summed E-state index contributed by atoms with van der Waals surface area (Å²) in [6.45, 7) is 4.48. The summed E-state index contributed by atoms with van der Waals surface area (Å²) in [6, 6.07) is 0. The van der Waals surface area contributed by atoms with Crippen LogP contribution in [0.4, 0.5) is 0 Å². The van der Waals surface area contributed by atoms with E-state index in [2.05, 4.69) is 30.2 Å². The van der Waals surface area contributed by atoms with Crippen LogP contribution in [0.5, 0.6) is 0 Å². The Kier molecular flexibility index (Phi) is 33.7. The Morgan fingerprint density at radius 1 is 0.611 bits per heavy atom. The summed E-state index contributed by atoms with van der Waals surface area (Å²) in [5.41, 5.74) is 0. The molecule has 0 N–H and O–H groups in total. The first-order valence-corrected chi connectivity index (χ1v) is 16.6. The molecule has 0 aromatic heterocycles. The van der Waals surface area contributed by atoms with E-state index in [-0.39, 0.29) is 63.9 Å². The van der Waals surface area contributed by atoms with Gasteiger partial charge in [0.15, 0.2) is 0 Å². The molecule has 0 saturated carbocycles. The van der Waals surface area contributed by atoms with Gasteiger partial charge in [0, 0.05) is 5.92 Å². The van der Waals surface area contributed by atoms with Crippen LogP contribution in [0.25, 0.3) is 0 Å². The van der Waals surface area contributed by atoms with Gasteiger partial charge in [-0.05, 0) is 19.3 Å². The summed E-state index contributed by atoms with van der Waals surface area (Å²) in [5, 5.41) is 0. The van der Waals surface area contributed by atoms with E-state index in [9.17, 15) is 13.0 Å². The molecule has 1 atom stereocenters. The topological polar surface area (TPSA) is 66.4 Å². The molecule has 0 aliphatic carbocycles. The number of hydrogen-bond donors (Lipinski definition) is 0. The normalized spacial score (nSPS) is 12.8. The van der Waals surface area contributed by atoms with Crippen molar-refractivity contribution >= 4 is 10.4 Å². The molecule has 0 aliphatic rings. The number of rotatable bonds is 28. The number of allylic oxidation sites excluding steroid dienone is 1. The van der Waals surface area contributed by atoms with Gasteiger partial charge in [-0.1, -0.05) is 161 Å². The van der Waals surface area contributed by atoms with Crippen LogP contribution in [-0.4, -0.2) is 19.6 Å². The quantitative estimate of drug-likeness (QED) is 0.0342. The Bertz CT molecular complexity index is 551. The fourth-order valence-corrected chi connectivity index (χ4v) is 5.03. The summed E-state index contributed by atoms with van der Waals surface area (Å²) in [4.78, 5) is 0. The van der Waals surface area contributed by atoms with Crippen molar-refractivity contribution in [2.45, 2.75) is 168 Å². The largest absolute Gasteiger partial charge is 1.00 e. The predicted octanol–water partition coefficient (Wildman–Crippen LogP) is 7.04. The van der Waals surface area contributed by atoms with E-state index in [1.54, 1.807) is 0 Å². The average Bonchev–Trinajstić information content (AvgIpc) is 2.82. The van der Waals surface area contributed by atoms with Crippen molar-refractivity contribution in [3.63, 3.8) is 0 Å². The zero-order valence-corrected chi connectivity index (χ0v) is 28.4. The van der Waals surface area contributed by atoms with Crippen LogP contribution >= 0.6 is 0 Å². The first kappa shape index (κ1) is 39.4. The van der Waals surface area contributed by atoms with Crippen molar-refractivity contribution in [1.82, 2.24) is 0 Å². The predicted molar refractivity (Wildman–Crippen MR) is 150 cm³/mol. The van der Waals surface area contributed by atoms with Gasteiger partial charge >= 0.3 is 51.4 Å². The van der Waals surface area contributed by atoms with Crippen LogP contribution in [0, 0.1) is 5.92 Å². The van der Waals surface area contributed by atoms with Gasteiger partial charge in [-0.15, -0.1) is 0 Å². The number of hydrogen-bond acceptors (Lipinski definition) is 4. The Morgan fingerprint density at radius 2 is 0.972 bits per heavy atom. The summed E-state index contributed by atoms with van der Waals surface area (Å²) in [5.74, 6) is 0.0192. The minimum absolute atomic E-state index is 0. The van der Waals surface area contributed by atoms with Crippen LogP contribution in [0.15, 0.2) is 12.2 Å². The molecule has 0 aromatic rings. The van der Waals surface area contributed by atoms with Crippen LogP contribution in [0.2, 0.25) is 0 Å². The molecule has 0 fully saturated rings. The monoisotopic (exact) mass is 554 g/mol. The third-order valence-electron chi connectivity index (χ3n) is 6.99. The fraction of sp³-hybridized carbons (Fsp3) is 0.933. The molecule has 210 valence electrons. The van der Waals surface area contributed by atoms with E-state index in [4.69, 9.17) is 0 Å².